The molecule has 0 spiro atoms. The van der Waals surface area contributed by atoms with Crippen LogP contribution in [0.5, 0.6) is 5.75 Å². The van der Waals surface area contributed by atoms with Gasteiger partial charge in [-0.2, -0.15) is 0 Å². The summed E-state index contributed by atoms with van der Waals surface area (Å²) in [6, 6.07) is 7.28. The molecule has 0 saturated carbocycles. The molecular formula is C13H16BrNO4. The molecule has 0 saturated heterocycles. The lowest BCUT2D eigenvalue weighted by Crippen LogP contribution is -2.36. The van der Waals surface area contributed by atoms with Crippen LogP contribution in [0.2, 0.25) is 0 Å². The monoisotopic (exact) mass is 329 g/mol. The molecule has 0 aliphatic carbocycles. The largest absolute Gasteiger partial charge is 0.493 e. The lowest BCUT2D eigenvalue weighted by molar-refractivity contribution is -0.144. The Bertz CT molecular complexity index is 433. The molecule has 0 heterocycles. The van der Waals surface area contributed by atoms with Gasteiger partial charge in [0.25, 0.3) is 0 Å². The third-order valence-electron chi connectivity index (χ3n) is 2.46. The molecule has 1 rings (SSSR count). The molecule has 104 valence electrons. The van der Waals surface area contributed by atoms with Gasteiger partial charge in [-0.1, -0.05) is 15.9 Å². The van der Waals surface area contributed by atoms with Crippen LogP contribution in [0, 0.1) is 0 Å². The molecule has 0 aliphatic rings. The summed E-state index contributed by atoms with van der Waals surface area (Å²) in [5.41, 5.74) is 0. The van der Waals surface area contributed by atoms with Crippen LogP contribution in [0.4, 0.5) is 0 Å². The summed E-state index contributed by atoms with van der Waals surface area (Å²) in [5, 5.41) is 8.66. The van der Waals surface area contributed by atoms with Gasteiger partial charge in [0.2, 0.25) is 5.91 Å². The number of carbonyl (C=O) groups excluding carboxylic acids is 1. The average molecular weight is 330 g/mol. The normalized spacial score (nSPS) is 10.0. The molecule has 0 bridgehead atoms. The first-order chi connectivity index (χ1) is 9.02. The van der Waals surface area contributed by atoms with E-state index in [1.807, 2.05) is 12.1 Å². The number of hydrogen-bond donors (Lipinski definition) is 1. The number of halogens is 1. The lowest BCUT2D eigenvalue weighted by atomic mass is 10.3. The van der Waals surface area contributed by atoms with Crippen molar-refractivity contribution in [1.29, 1.82) is 0 Å². The molecule has 1 amide bonds. The van der Waals surface area contributed by atoms with Crippen LogP contribution in [0.15, 0.2) is 28.7 Å². The Morgan fingerprint density at radius 2 is 1.95 bits per heavy atom. The van der Waals surface area contributed by atoms with Crippen molar-refractivity contribution in [3.63, 3.8) is 0 Å². The van der Waals surface area contributed by atoms with E-state index in [9.17, 15) is 9.59 Å². The number of hydrogen-bond acceptors (Lipinski definition) is 3. The second-order valence-electron chi connectivity index (χ2n) is 3.85. The fourth-order valence-corrected chi connectivity index (χ4v) is 1.75. The maximum atomic E-state index is 11.7. The van der Waals surface area contributed by atoms with Crippen LogP contribution >= 0.6 is 15.9 Å². The van der Waals surface area contributed by atoms with Crippen LogP contribution in [-0.4, -0.2) is 41.6 Å². The summed E-state index contributed by atoms with van der Waals surface area (Å²) in [5.74, 6) is -0.552. The van der Waals surface area contributed by atoms with Crippen LogP contribution in [-0.2, 0) is 9.59 Å². The van der Waals surface area contributed by atoms with Gasteiger partial charge in [-0.25, -0.2) is 0 Å². The zero-order valence-corrected chi connectivity index (χ0v) is 12.2. The van der Waals surface area contributed by atoms with Crippen LogP contribution < -0.4 is 4.74 Å². The molecule has 0 aliphatic heterocycles. The minimum absolute atomic E-state index is 0.164. The van der Waals surface area contributed by atoms with E-state index in [1.165, 1.54) is 4.90 Å². The minimum atomic E-state index is -1.01. The Morgan fingerprint density at radius 3 is 2.47 bits per heavy atom. The van der Waals surface area contributed by atoms with Gasteiger partial charge in [0.05, 0.1) is 13.0 Å². The van der Waals surface area contributed by atoms with Gasteiger partial charge in [0.15, 0.2) is 0 Å². The molecule has 19 heavy (non-hydrogen) atoms. The highest BCUT2D eigenvalue weighted by Gasteiger charge is 2.14. The van der Waals surface area contributed by atoms with E-state index in [2.05, 4.69) is 15.9 Å². The molecule has 0 radical (unpaired) electrons. The minimum Gasteiger partial charge on any atom is -0.493 e. The third-order valence-corrected chi connectivity index (χ3v) is 2.99. The molecule has 1 aromatic rings. The molecule has 1 N–H and O–H groups in total. The molecule has 5 nitrogen and oxygen atoms in total. The Morgan fingerprint density at radius 1 is 1.32 bits per heavy atom. The van der Waals surface area contributed by atoms with Crippen LogP contribution in [0.3, 0.4) is 0 Å². The van der Waals surface area contributed by atoms with Crippen LogP contribution in [0.1, 0.15) is 13.3 Å². The Balaban J connectivity index is 2.37. The van der Waals surface area contributed by atoms with E-state index in [1.54, 1.807) is 19.1 Å². The molecule has 6 heteroatoms. The zero-order chi connectivity index (χ0) is 14.3. The van der Waals surface area contributed by atoms with Crippen molar-refractivity contribution in [3.8, 4) is 5.75 Å². The maximum absolute atomic E-state index is 11.7. The van der Waals surface area contributed by atoms with Gasteiger partial charge in [0, 0.05) is 11.0 Å². The fraction of sp³-hybridized carbons (Fsp3) is 0.385. The summed E-state index contributed by atoms with van der Waals surface area (Å²) in [4.78, 5) is 23.6. The van der Waals surface area contributed by atoms with E-state index in [-0.39, 0.29) is 25.5 Å². The molecule has 0 atom stereocenters. The topological polar surface area (TPSA) is 66.8 Å². The number of ether oxygens (including phenoxy) is 1. The molecule has 0 aromatic heterocycles. The van der Waals surface area contributed by atoms with Crippen molar-refractivity contribution >= 4 is 27.8 Å². The number of aliphatic carboxylic acids is 1. The first-order valence-electron chi connectivity index (χ1n) is 5.91. The SMILES string of the molecule is CCN(CC(=O)O)C(=O)CCOc1ccc(Br)cc1. The first kappa shape index (κ1) is 15.5. The number of carboxylic acids is 1. The lowest BCUT2D eigenvalue weighted by Gasteiger charge is -2.18. The molecule has 0 unspecified atom stereocenters. The van der Waals surface area contributed by atoms with Crippen molar-refractivity contribution in [2.24, 2.45) is 0 Å². The van der Waals surface area contributed by atoms with Gasteiger partial charge in [-0.05, 0) is 31.2 Å². The second-order valence-corrected chi connectivity index (χ2v) is 4.77. The van der Waals surface area contributed by atoms with Crippen LogP contribution in [0.25, 0.3) is 0 Å². The van der Waals surface area contributed by atoms with Gasteiger partial charge in [0.1, 0.15) is 12.3 Å². The number of carbonyl (C=O) groups is 2. The van der Waals surface area contributed by atoms with Gasteiger partial charge in [-0.15, -0.1) is 0 Å². The second kappa shape index (κ2) is 7.78. The Labute approximate surface area is 120 Å². The standard InChI is InChI=1S/C13H16BrNO4/c1-2-15(9-13(17)18)12(16)7-8-19-11-5-3-10(14)4-6-11/h3-6H,2,7-9H2,1H3,(H,17,18). The van der Waals surface area contributed by atoms with Crippen molar-refractivity contribution in [2.45, 2.75) is 13.3 Å². The van der Waals surface area contributed by atoms with Gasteiger partial charge in [-0.3, -0.25) is 9.59 Å². The number of carboxylic acid groups (broad SMARTS) is 1. The van der Waals surface area contributed by atoms with E-state index < -0.39 is 5.97 Å². The van der Waals surface area contributed by atoms with Crippen molar-refractivity contribution in [1.82, 2.24) is 4.90 Å². The number of amides is 1. The Kier molecular flexibility index (Phi) is 6.35. The van der Waals surface area contributed by atoms with E-state index in [0.29, 0.717) is 12.3 Å². The average Bonchev–Trinajstić information content (AvgIpc) is 2.38. The predicted molar refractivity (Wildman–Crippen MR) is 74.1 cm³/mol. The highest BCUT2D eigenvalue weighted by Crippen LogP contribution is 2.16. The number of rotatable bonds is 7. The highest BCUT2D eigenvalue weighted by molar-refractivity contribution is 9.10. The molecule has 1 aromatic carbocycles. The summed E-state index contributed by atoms with van der Waals surface area (Å²) in [6.07, 6.45) is 0.164. The van der Waals surface area contributed by atoms with E-state index in [0.717, 1.165) is 4.47 Å². The first-order valence-corrected chi connectivity index (χ1v) is 6.70. The zero-order valence-electron chi connectivity index (χ0n) is 10.6. The number of likely N-dealkylation sites (N-methyl/N-ethyl adjacent to an activating group) is 1. The van der Waals surface area contributed by atoms with Gasteiger partial charge < -0.3 is 14.7 Å². The van der Waals surface area contributed by atoms with Crippen molar-refractivity contribution in [3.05, 3.63) is 28.7 Å². The third kappa shape index (κ3) is 5.74. The van der Waals surface area contributed by atoms with Gasteiger partial charge >= 0.3 is 5.97 Å². The summed E-state index contributed by atoms with van der Waals surface area (Å²) >= 11 is 3.32. The molecule has 0 fully saturated rings. The highest BCUT2D eigenvalue weighted by atomic mass is 79.9. The summed E-state index contributed by atoms with van der Waals surface area (Å²) in [7, 11) is 0. The smallest absolute Gasteiger partial charge is 0.323 e. The van der Waals surface area contributed by atoms with E-state index in [4.69, 9.17) is 9.84 Å². The van der Waals surface area contributed by atoms with E-state index >= 15 is 0 Å². The number of nitrogens with zero attached hydrogens (tertiary/aromatic N) is 1. The predicted octanol–water partition coefficient (Wildman–Crippen LogP) is 2.15. The van der Waals surface area contributed by atoms with Crippen molar-refractivity contribution < 1.29 is 19.4 Å². The van der Waals surface area contributed by atoms with Crippen molar-refractivity contribution in [2.75, 3.05) is 19.7 Å². The summed E-state index contributed by atoms with van der Waals surface area (Å²) < 4.78 is 6.37. The Hall–Kier alpha value is -1.56. The number of benzene rings is 1. The molecular weight excluding hydrogens is 314 g/mol. The quantitative estimate of drug-likeness (QED) is 0.832. The summed E-state index contributed by atoms with van der Waals surface area (Å²) in [6.45, 7) is 2.09. The fourth-order valence-electron chi connectivity index (χ4n) is 1.48. The maximum Gasteiger partial charge on any atom is 0.323 e.